The van der Waals surface area contributed by atoms with E-state index in [2.05, 4.69) is 15.3 Å². The van der Waals surface area contributed by atoms with Crippen LogP contribution in [-0.4, -0.2) is 10.9 Å². The van der Waals surface area contributed by atoms with Gasteiger partial charge in [0, 0.05) is 21.7 Å². The number of rotatable bonds is 3. The Kier molecular flexibility index (Phi) is 4.60. The average molecular weight is 343 g/mol. The number of aryl methyl sites for hydroxylation is 1. The third kappa shape index (κ3) is 4.09. The first-order valence-electron chi connectivity index (χ1n) is 6.99. The van der Waals surface area contributed by atoms with E-state index in [9.17, 15) is 0 Å². The quantitative estimate of drug-likeness (QED) is 0.529. The van der Waals surface area contributed by atoms with E-state index in [0.717, 1.165) is 16.9 Å². The Balaban J connectivity index is 1.74. The van der Waals surface area contributed by atoms with Crippen molar-refractivity contribution in [2.45, 2.75) is 6.92 Å². The van der Waals surface area contributed by atoms with Crippen LogP contribution in [0.15, 0.2) is 58.9 Å². The smallest absolute Gasteiger partial charge is 0.212 e. The Labute approximate surface area is 143 Å². The molecule has 23 heavy (non-hydrogen) atoms. The lowest BCUT2D eigenvalue weighted by molar-refractivity contribution is 1.33. The van der Waals surface area contributed by atoms with E-state index in [4.69, 9.17) is 17.3 Å². The normalized spacial score (nSPS) is 11.5. The van der Waals surface area contributed by atoms with Crippen LogP contribution in [0.3, 0.4) is 0 Å². The van der Waals surface area contributed by atoms with Gasteiger partial charge in [-0.15, -0.1) is 11.3 Å². The molecule has 0 unspecified atom stereocenters. The molecule has 0 saturated carbocycles. The molecule has 0 atom stereocenters. The first-order valence-corrected chi connectivity index (χ1v) is 8.25. The van der Waals surface area contributed by atoms with Crippen molar-refractivity contribution >= 4 is 39.7 Å². The van der Waals surface area contributed by atoms with E-state index in [1.165, 1.54) is 16.9 Å². The molecule has 0 bridgehead atoms. The molecule has 4 nitrogen and oxygen atoms in total. The van der Waals surface area contributed by atoms with Gasteiger partial charge in [-0.3, -0.25) is 0 Å². The van der Waals surface area contributed by atoms with Crippen LogP contribution < -0.4 is 11.1 Å². The van der Waals surface area contributed by atoms with Crippen molar-refractivity contribution in [1.82, 2.24) is 4.98 Å². The van der Waals surface area contributed by atoms with Crippen LogP contribution in [0.1, 0.15) is 5.56 Å². The summed E-state index contributed by atoms with van der Waals surface area (Å²) in [6.45, 7) is 2.04. The van der Waals surface area contributed by atoms with E-state index < -0.39 is 0 Å². The van der Waals surface area contributed by atoms with Crippen molar-refractivity contribution in [2.75, 3.05) is 5.32 Å². The van der Waals surface area contributed by atoms with Crippen LogP contribution in [0.5, 0.6) is 0 Å². The molecule has 0 spiro atoms. The number of thiazole rings is 1. The molecule has 116 valence electrons. The summed E-state index contributed by atoms with van der Waals surface area (Å²) in [5.41, 5.74) is 9.87. The number of aliphatic imine (C=N–C) groups is 1. The minimum absolute atomic E-state index is 0.311. The Bertz CT molecular complexity index is 823. The number of aromatic nitrogens is 1. The molecule has 2 aromatic carbocycles. The second-order valence-corrected chi connectivity index (χ2v) is 6.28. The molecule has 1 heterocycles. The van der Waals surface area contributed by atoms with E-state index in [1.54, 1.807) is 0 Å². The summed E-state index contributed by atoms with van der Waals surface area (Å²) >= 11 is 7.33. The van der Waals surface area contributed by atoms with Crippen molar-refractivity contribution in [1.29, 1.82) is 0 Å². The number of benzene rings is 2. The number of anilines is 1. The standard InChI is InChI=1S/C17H15ClN4S/c1-11-2-8-14(9-3-11)20-16(19)22-17-21-15(10-23-17)12-4-6-13(18)7-5-12/h2-10H,1H3,(H3,19,20,21,22). The van der Waals surface area contributed by atoms with Crippen molar-refractivity contribution < 1.29 is 0 Å². The summed E-state index contributed by atoms with van der Waals surface area (Å²) in [4.78, 5) is 8.78. The van der Waals surface area contributed by atoms with Crippen LogP contribution in [0.25, 0.3) is 11.3 Å². The lowest BCUT2D eigenvalue weighted by atomic mass is 10.2. The summed E-state index contributed by atoms with van der Waals surface area (Å²) in [7, 11) is 0. The number of halogens is 1. The van der Waals surface area contributed by atoms with Gasteiger partial charge >= 0.3 is 0 Å². The minimum atomic E-state index is 0.311. The third-order valence-corrected chi connectivity index (χ3v) is 4.16. The van der Waals surface area contributed by atoms with Crippen molar-refractivity contribution in [3.05, 3.63) is 64.5 Å². The van der Waals surface area contributed by atoms with Gasteiger partial charge in [-0.1, -0.05) is 41.4 Å². The van der Waals surface area contributed by atoms with Gasteiger partial charge in [0.05, 0.1) is 5.69 Å². The summed E-state index contributed by atoms with van der Waals surface area (Å²) in [6, 6.07) is 15.5. The van der Waals surface area contributed by atoms with Crippen LogP contribution in [-0.2, 0) is 0 Å². The van der Waals surface area contributed by atoms with Crippen LogP contribution >= 0.6 is 22.9 Å². The maximum absolute atomic E-state index is 5.93. The fraction of sp³-hybridized carbons (Fsp3) is 0.0588. The minimum Gasteiger partial charge on any atom is -0.369 e. The first kappa shape index (κ1) is 15.5. The zero-order valence-electron chi connectivity index (χ0n) is 12.5. The second-order valence-electron chi connectivity index (χ2n) is 5.01. The maximum atomic E-state index is 5.93. The topological polar surface area (TPSA) is 63.3 Å². The highest BCUT2D eigenvalue weighted by molar-refractivity contribution is 7.13. The molecular weight excluding hydrogens is 328 g/mol. The van der Waals surface area contributed by atoms with Crippen molar-refractivity contribution in [3.63, 3.8) is 0 Å². The van der Waals surface area contributed by atoms with Gasteiger partial charge in [0.25, 0.3) is 0 Å². The Morgan fingerprint density at radius 2 is 1.83 bits per heavy atom. The monoisotopic (exact) mass is 342 g/mol. The summed E-state index contributed by atoms with van der Waals surface area (Å²) < 4.78 is 0. The number of guanidine groups is 1. The van der Waals surface area contributed by atoms with Crippen molar-refractivity contribution in [2.24, 2.45) is 10.7 Å². The van der Waals surface area contributed by atoms with Gasteiger partial charge in [-0.2, -0.15) is 4.99 Å². The number of nitrogens with one attached hydrogen (secondary N) is 1. The predicted molar refractivity (Wildman–Crippen MR) is 98.6 cm³/mol. The lowest BCUT2D eigenvalue weighted by Crippen LogP contribution is -2.21. The fourth-order valence-corrected chi connectivity index (χ4v) is 2.82. The number of hydrogen-bond acceptors (Lipinski definition) is 3. The summed E-state index contributed by atoms with van der Waals surface area (Å²) in [6.07, 6.45) is 0. The van der Waals surface area contributed by atoms with Gasteiger partial charge in [-0.05, 0) is 31.2 Å². The molecule has 0 radical (unpaired) electrons. The van der Waals surface area contributed by atoms with E-state index in [-0.39, 0.29) is 0 Å². The molecule has 3 aromatic rings. The third-order valence-electron chi connectivity index (χ3n) is 3.17. The van der Waals surface area contributed by atoms with E-state index in [0.29, 0.717) is 16.1 Å². The van der Waals surface area contributed by atoms with Crippen LogP contribution in [0.4, 0.5) is 10.8 Å². The number of nitrogens with two attached hydrogens (primary N) is 1. The molecule has 1 aromatic heterocycles. The Morgan fingerprint density at radius 1 is 1.13 bits per heavy atom. The zero-order chi connectivity index (χ0) is 16.2. The maximum Gasteiger partial charge on any atom is 0.212 e. The molecular formula is C17H15ClN4S. The van der Waals surface area contributed by atoms with Crippen molar-refractivity contribution in [3.8, 4) is 11.3 Å². The molecule has 0 saturated heterocycles. The van der Waals surface area contributed by atoms with E-state index in [1.807, 2.05) is 60.8 Å². The lowest BCUT2D eigenvalue weighted by Gasteiger charge is -2.04. The number of nitrogens with zero attached hydrogens (tertiary/aromatic N) is 2. The molecule has 3 N–H and O–H groups in total. The van der Waals surface area contributed by atoms with Gasteiger partial charge in [-0.25, -0.2) is 4.98 Å². The SMILES string of the molecule is Cc1ccc(NC(N)=Nc2nc(-c3ccc(Cl)cc3)cs2)cc1. The highest BCUT2D eigenvalue weighted by Crippen LogP contribution is 2.27. The van der Waals surface area contributed by atoms with Crippen LogP contribution in [0.2, 0.25) is 5.02 Å². The Morgan fingerprint density at radius 3 is 2.52 bits per heavy atom. The van der Waals surface area contributed by atoms with Gasteiger partial charge in [0.2, 0.25) is 11.1 Å². The molecule has 0 amide bonds. The molecule has 6 heteroatoms. The molecule has 0 fully saturated rings. The molecule has 3 rings (SSSR count). The second kappa shape index (κ2) is 6.81. The van der Waals surface area contributed by atoms with E-state index >= 15 is 0 Å². The molecule has 0 aliphatic heterocycles. The highest BCUT2D eigenvalue weighted by atomic mass is 35.5. The average Bonchev–Trinajstić information content (AvgIpc) is 2.98. The zero-order valence-corrected chi connectivity index (χ0v) is 14.0. The number of hydrogen-bond donors (Lipinski definition) is 2. The summed E-state index contributed by atoms with van der Waals surface area (Å²) in [5.74, 6) is 0.311. The highest BCUT2D eigenvalue weighted by Gasteiger charge is 2.05. The summed E-state index contributed by atoms with van der Waals surface area (Å²) in [5, 5.41) is 6.30. The first-order chi connectivity index (χ1) is 11.1. The van der Waals surface area contributed by atoms with Gasteiger partial charge < -0.3 is 11.1 Å². The predicted octanol–water partition coefficient (Wildman–Crippen LogP) is 4.83. The molecule has 0 aliphatic carbocycles. The Hall–Kier alpha value is -2.37. The van der Waals surface area contributed by atoms with Gasteiger partial charge in [0.15, 0.2) is 0 Å². The van der Waals surface area contributed by atoms with Crippen LogP contribution in [0, 0.1) is 6.92 Å². The fourth-order valence-electron chi connectivity index (χ4n) is 1.98. The largest absolute Gasteiger partial charge is 0.369 e. The van der Waals surface area contributed by atoms with Gasteiger partial charge in [0.1, 0.15) is 0 Å². The molecule has 0 aliphatic rings.